The van der Waals surface area contributed by atoms with Crippen LogP contribution in [0.1, 0.15) is 17.4 Å². The molecule has 0 aromatic carbocycles. The highest BCUT2D eigenvalue weighted by molar-refractivity contribution is 5.93. The predicted octanol–water partition coefficient (Wildman–Crippen LogP) is 1.19. The van der Waals surface area contributed by atoms with Gasteiger partial charge in [-0.1, -0.05) is 5.16 Å². The fraction of sp³-hybridized carbons (Fsp3) is 0.308. The highest BCUT2D eigenvalue weighted by Crippen LogP contribution is 2.19. The number of aliphatic hydroxyl groups excluding tert-OH is 1. The largest absolute Gasteiger partial charge is 0.394 e. The number of amides is 1. The molecule has 2 aromatic rings. The monoisotopic (exact) mass is 261 g/mol. The van der Waals surface area contributed by atoms with Crippen LogP contribution in [0.4, 0.5) is 0 Å². The Morgan fingerprint density at radius 3 is 3.00 bits per heavy atom. The summed E-state index contributed by atoms with van der Waals surface area (Å²) in [6, 6.07) is 4.90. The maximum Gasteiger partial charge on any atom is 0.276 e. The Morgan fingerprint density at radius 2 is 2.37 bits per heavy atom. The number of aromatic nitrogens is 2. The quantitative estimate of drug-likeness (QED) is 0.894. The summed E-state index contributed by atoms with van der Waals surface area (Å²) in [4.78, 5) is 17.5. The van der Waals surface area contributed by atoms with Gasteiger partial charge in [0.1, 0.15) is 0 Å². The highest BCUT2D eigenvalue weighted by atomic mass is 16.5. The summed E-state index contributed by atoms with van der Waals surface area (Å²) in [6.45, 7) is 1.65. The first kappa shape index (κ1) is 13.2. The fourth-order valence-corrected chi connectivity index (χ4v) is 1.52. The molecule has 0 aliphatic rings. The molecule has 2 rings (SSSR count). The minimum atomic E-state index is -0.291. The zero-order chi connectivity index (χ0) is 13.8. The van der Waals surface area contributed by atoms with Crippen LogP contribution in [0.5, 0.6) is 0 Å². The van der Waals surface area contributed by atoms with Gasteiger partial charge in [0.2, 0.25) is 0 Å². The van der Waals surface area contributed by atoms with E-state index < -0.39 is 0 Å². The van der Waals surface area contributed by atoms with Crippen molar-refractivity contribution in [2.75, 3.05) is 13.7 Å². The number of likely N-dealkylation sites (N-methyl/N-ethyl adjacent to an activating group) is 1. The Hall–Kier alpha value is -2.21. The molecule has 0 saturated carbocycles. The number of carbonyl (C=O) groups excluding carboxylic acids is 1. The second kappa shape index (κ2) is 5.62. The van der Waals surface area contributed by atoms with Crippen LogP contribution in [0.15, 0.2) is 35.1 Å². The minimum absolute atomic E-state index is 0.102. The summed E-state index contributed by atoms with van der Waals surface area (Å²) in [7, 11) is 1.61. The van der Waals surface area contributed by atoms with Gasteiger partial charge in [0, 0.05) is 31.1 Å². The van der Waals surface area contributed by atoms with Crippen molar-refractivity contribution in [3.63, 3.8) is 0 Å². The molecule has 0 aliphatic carbocycles. The third kappa shape index (κ3) is 2.79. The zero-order valence-corrected chi connectivity index (χ0v) is 10.8. The lowest BCUT2D eigenvalue weighted by Gasteiger charge is -2.21. The molecule has 0 spiro atoms. The number of nitrogens with zero attached hydrogens (tertiary/aromatic N) is 3. The number of hydrogen-bond donors (Lipinski definition) is 1. The molecule has 1 amide bonds. The number of aliphatic hydroxyl groups is 1. The van der Waals surface area contributed by atoms with Gasteiger partial charge in [-0.3, -0.25) is 9.78 Å². The van der Waals surface area contributed by atoms with E-state index in [1.54, 1.807) is 38.5 Å². The average Bonchev–Trinajstić information content (AvgIpc) is 2.95. The van der Waals surface area contributed by atoms with Gasteiger partial charge in [-0.25, -0.2) is 0 Å². The summed E-state index contributed by atoms with van der Waals surface area (Å²) >= 11 is 0. The van der Waals surface area contributed by atoms with Crippen LogP contribution in [0.3, 0.4) is 0 Å². The second-order valence-corrected chi connectivity index (χ2v) is 4.27. The molecule has 1 atom stereocenters. The van der Waals surface area contributed by atoms with Gasteiger partial charge < -0.3 is 14.5 Å². The third-order valence-electron chi connectivity index (χ3n) is 2.92. The lowest BCUT2D eigenvalue weighted by molar-refractivity contribution is 0.0672. The lowest BCUT2D eigenvalue weighted by atomic mass is 10.2. The molecule has 6 heteroatoms. The number of hydrogen-bond acceptors (Lipinski definition) is 5. The molecular weight excluding hydrogens is 246 g/mol. The average molecular weight is 261 g/mol. The summed E-state index contributed by atoms with van der Waals surface area (Å²) in [5.41, 5.74) is 0.966. The van der Waals surface area contributed by atoms with E-state index in [-0.39, 0.29) is 24.2 Å². The number of carbonyl (C=O) groups is 1. The summed E-state index contributed by atoms with van der Waals surface area (Å²) in [6.07, 6.45) is 3.29. The van der Waals surface area contributed by atoms with E-state index in [2.05, 4.69) is 10.1 Å². The van der Waals surface area contributed by atoms with Crippen molar-refractivity contribution in [3.8, 4) is 11.3 Å². The van der Waals surface area contributed by atoms with Crippen molar-refractivity contribution >= 4 is 5.91 Å². The van der Waals surface area contributed by atoms with Crippen molar-refractivity contribution in [1.82, 2.24) is 15.0 Å². The summed E-state index contributed by atoms with van der Waals surface area (Å²) in [5.74, 6) is 0.196. The van der Waals surface area contributed by atoms with E-state index in [1.165, 1.54) is 4.90 Å². The van der Waals surface area contributed by atoms with Crippen LogP contribution in [0, 0.1) is 0 Å². The van der Waals surface area contributed by atoms with Gasteiger partial charge in [-0.2, -0.15) is 0 Å². The second-order valence-electron chi connectivity index (χ2n) is 4.27. The molecule has 0 radical (unpaired) electrons. The van der Waals surface area contributed by atoms with E-state index in [9.17, 15) is 4.79 Å². The number of pyridine rings is 1. The van der Waals surface area contributed by atoms with Crippen LogP contribution in [-0.2, 0) is 0 Å². The predicted molar refractivity (Wildman–Crippen MR) is 68.4 cm³/mol. The van der Waals surface area contributed by atoms with E-state index in [0.717, 1.165) is 5.56 Å². The van der Waals surface area contributed by atoms with E-state index >= 15 is 0 Å². The molecule has 6 nitrogen and oxygen atoms in total. The van der Waals surface area contributed by atoms with Crippen molar-refractivity contribution < 1.29 is 14.4 Å². The Morgan fingerprint density at radius 1 is 1.58 bits per heavy atom. The van der Waals surface area contributed by atoms with Crippen LogP contribution in [-0.4, -0.2) is 45.8 Å². The molecule has 1 unspecified atom stereocenters. The SMILES string of the molecule is CC(CO)N(C)C(=O)c1cc(-c2cccnc2)on1. The van der Waals surface area contributed by atoms with E-state index in [1.807, 2.05) is 6.07 Å². The Kier molecular flexibility index (Phi) is 3.91. The Bertz CT molecular complexity index is 553. The molecule has 1 N–H and O–H groups in total. The first-order valence-corrected chi connectivity index (χ1v) is 5.88. The summed E-state index contributed by atoms with van der Waals surface area (Å²) < 4.78 is 5.14. The highest BCUT2D eigenvalue weighted by Gasteiger charge is 2.20. The molecule has 2 aromatic heterocycles. The van der Waals surface area contributed by atoms with Gasteiger partial charge in [-0.05, 0) is 19.1 Å². The van der Waals surface area contributed by atoms with Crippen molar-refractivity contribution in [2.24, 2.45) is 0 Å². The van der Waals surface area contributed by atoms with Crippen LogP contribution >= 0.6 is 0 Å². The van der Waals surface area contributed by atoms with E-state index in [0.29, 0.717) is 5.76 Å². The Balaban J connectivity index is 2.20. The zero-order valence-electron chi connectivity index (χ0n) is 10.8. The van der Waals surface area contributed by atoms with Gasteiger partial charge in [0.05, 0.1) is 12.6 Å². The maximum absolute atomic E-state index is 12.1. The van der Waals surface area contributed by atoms with Gasteiger partial charge >= 0.3 is 0 Å². The van der Waals surface area contributed by atoms with Crippen molar-refractivity contribution in [1.29, 1.82) is 0 Å². The standard InChI is InChI=1S/C13H15N3O3/c1-9(8-17)16(2)13(18)11-6-12(19-15-11)10-4-3-5-14-7-10/h3-7,9,17H,8H2,1-2H3. The van der Waals surface area contributed by atoms with E-state index in [4.69, 9.17) is 9.63 Å². The Labute approximate surface area is 110 Å². The van der Waals surface area contributed by atoms with Crippen molar-refractivity contribution in [3.05, 3.63) is 36.3 Å². The maximum atomic E-state index is 12.1. The first-order chi connectivity index (χ1) is 9.13. The minimum Gasteiger partial charge on any atom is -0.394 e. The normalized spacial score (nSPS) is 12.2. The van der Waals surface area contributed by atoms with Crippen LogP contribution < -0.4 is 0 Å². The lowest BCUT2D eigenvalue weighted by Crippen LogP contribution is -2.37. The van der Waals surface area contributed by atoms with Crippen LogP contribution in [0.25, 0.3) is 11.3 Å². The fourth-order valence-electron chi connectivity index (χ4n) is 1.52. The van der Waals surface area contributed by atoms with Crippen LogP contribution in [0.2, 0.25) is 0 Å². The van der Waals surface area contributed by atoms with Crippen molar-refractivity contribution in [2.45, 2.75) is 13.0 Å². The third-order valence-corrected chi connectivity index (χ3v) is 2.92. The molecule has 0 bridgehead atoms. The molecule has 0 fully saturated rings. The molecule has 2 heterocycles. The molecule has 0 saturated heterocycles. The van der Waals surface area contributed by atoms with Gasteiger partial charge in [0.25, 0.3) is 5.91 Å². The smallest absolute Gasteiger partial charge is 0.276 e. The molecular formula is C13H15N3O3. The molecule has 19 heavy (non-hydrogen) atoms. The molecule has 0 aliphatic heterocycles. The first-order valence-electron chi connectivity index (χ1n) is 5.88. The summed E-state index contributed by atoms with van der Waals surface area (Å²) in [5, 5.41) is 12.8. The number of rotatable bonds is 4. The van der Waals surface area contributed by atoms with Gasteiger partial charge in [-0.15, -0.1) is 0 Å². The van der Waals surface area contributed by atoms with Gasteiger partial charge in [0.15, 0.2) is 11.5 Å². The molecule has 100 valence electrons. The topological polar surface area (TPSA) is 79.5 Å².